The first-order chi connectivity index (χ1) is 12.2. The van der Waals surface area contributed by atoms with E-state index in [1.54, 1.807) is 0 Å². The predicted octanol–water partition coefficient (Wildman–Crippen LogP) is 2.85. The van der Waals surface area contributed by atoms with Gasteiger partial charge in [-0.15, -0.1) is 0 Å². The first-order valence-corrected chi connectivity index (χ1v) is 8.77. The fraction of sp³-hybridized carbons (Fsp3) is 0.474. The molecule has 6 heteroatoms. The molecule has 1 aromatic carbocycles. The Balaban J connectivity index is 1.36. The van der Waals surface area contributed by atoms with Crippen molar-refractivity contribution in [2.24, 2.45) is 5.92 Å². The summed E-state index contributed by atoms with van der Waals surface area (Å²) in [6.45, 7) is 5.56. The number of aromatic nitrogens is 1. The molecule has 25 heavy (non-hydrogen) atoms. The smallest absolute Gasteiger partial charge is 0.166 e. The summed E-state index contributed by atoms with van der Waals surface area (Å²) in [6.07, 6.45) is 1.73. The number of ether oxygens (including phenoxy) is 2. The van der Waals surface area contributed by atoms with E-state index in [2.05, 4.69) is 10.1 Å². The van der Waals surface area contributed by atoms with E-state index in [1.165, 1.54) is 0 Å². The molecule has 0 atom stereocenters. The first-order valence-electron chi connectivity index (χ1n) is 8.77. The minimum atomic E-state index is 0.0675. The number of likely N-dealkylation sites (tertiary alicyclic amines) is 1. The van der Waals surface area contributed by atoms with Gasteiger partial charge >= 0.3 is 0 Å². The van der Waals surface area contributed by atoms with Gasteiger partial charge in [-0.2, -0.15) is 0 Å². The minimum absolute atomic E-state index is 0.0675. The molecule has 0 saturated carbocycles. The highest BCUT2D eigenvalue weighted by molar-refractivity contribution is 5.98. The fourth-order valence-corrected chi connectivity index (χ4v) is 3.51. The topological polar surface area (TPSA) is 64.8 Å². The Labute approximate surface area is 146 Å². The largest absolute Gasteiger partial charge is 0.486 e. The van der Waals surface area contributed by atoms with Crippen LogP contribution < -0.4 is 9.47 Å². The molecular weight excluding hydrogens is 320 g/mol. The summed E-state index contributed by atoms with van der Waals surface area (Å²) in [5.74, 6) is 2.50. The van der Waals surface area contributed by atoms with Gasteiger partial charge in [-0.1, -0.05) is 5.16 Å². The zero-order valence-electron chi connectivity index (χ0n) is 14.4. The summed E-state index contributed by atoms with van der Waals surface area (Å²) in [6, 6.07) is 7.47. The van der Waals surface area contributed by atoms with Gasteiger partial charge in [-0.3, -0.25) is 9.69 Å². The normalized spacial score (nSPS) is 18.3. The van der Waals surface area contributed by atoms with Crippen molar-refractivity contribution in [3.63, 3.8) is 0 Å². The third kappa shape index (κ3) is 3.54. The van der Waals surface area contributed by atoms with E-state index in [-0.39, 0.29) is 11.7 Å². The number of carbonyl (C=O) groups is 1. The lowest BCUT2D eigenvalue weighted by Gasteiger charge is -2.30. The summed E-state index contributed by atoms with van der Waals surface area (Å²) in [4.78, 5) is 15.1. The molecule has 4 rings (SSSR count). The van der Waals surface area contributed by atoms with E-state index in [9.17, 15) is 4.79 Å². The van der Waals surface area contributed by atoms with Crippen molar-refractivity contribution < 1.29 is 18.8 Å². The molecule has 0 amide bonds. The molecule has 0 bridgehead atoms. The van der Waals surface area contributed by atoms with Gasteiger partial charge in [0.1, 0.15) is 19.0 Å². The highest BCUT2D eigenvalue weighted by Gasteiger charge is 2.27. The number of hydrogen-bond acceptors (Lipinski definition) is 6. The number of carbonyl (C=O) groups excluding carboxylic acids is 1. The molecule has 0 N–H and O–H groups in total. The summed E-state index contributed by atoms with van der Waals surface area (Å²) >= 11 is 0. The maximum atomic E-state index is 12.8. The van der Waals surface area contributed by atoms with Crippen molar-refractivity contribution in [2.45, 2.75) is 26.3 Å². The molecule has 0 aliphatic carbocycles. The highest BCUT2D eigenvalue weighted by atomic mass is 16.6. The Morgan fingerprint density at radius 1 is 1.16 bits per heavy atom. The van der Waals surface area contributed by atoms with Crippen molar-refractivity contribution in [1.82, 2.24) is 10.1 Å². The van der Waals surface area contributed by atoms with Gasteiger partial charge in [0.2, 0.25) is 0 Å². The van der Waals surface area contributed by atoms with E-state index >= 15 is 0 Å². The van der Waals surface area contributed by atoms with Crippen molar-refractivity contribution >= 4 is 5.78 Å². The Kier molecular flexibility index (Phi) is 4.44. The molecule has 1 fully saturated rings. The van der Waals surface area contributed by atoms with E-state index in [1.807, 2.05) is 31.2 Å². The molecule has 132 valence electrons. The summed E-state index contributed by atoms with van der Waals surface area (Å²) in [7, 11) is 0. The summed E-state index contributed by atoms with van der Waals surface area (Å²) in [5, 5.41) is 4.04. The second-order valence-corrected chi connectivity index (χ2v) is 6.70. The van der Waals surface area contributed by atoms with Gasteiger partial charge < -0.3 is 14.0 Å². The van der Waals surface area contributed by atoms with Crippen LogP contribution in [0.2, 0.25) is 0 Å². The van der Waals surface area contributed by atoms with E-state index < -0.39 is 0 Å². The number of piperidine rings is 1. The molecule has 2 aliphatic heterocycles. The van der Waals surface area contributed by atoms with Gasteiger partial charge in [-0.05, 0) is 51.1 Å². The third-order valence-corrected chi connectivity index (χ3v) is 4.85. The molecule has 0 unspecified atom stereocenters. The van der Waals surface area contributed by atoms with Crippen LogP contribution in [0.3, 0.4) is 0 Å². The van der Waals surface area contributed by atoms with Gasteiger partial charge in [0.05, 0.1) is 5.69 Å². The molecule has 3 heterocycles. The number of ketones is 1. The lowest BCUT2D eigenvalue weighted by molar-refractivity contribution is 0.0831. The van der Waals surface area contributed by atoms with Crippen LogP contribution in [0.5, 0.6) is 11.5 Å². The molecule has 2 aromatic rings. The number of benzene rings is 1. The van der Waals surface area contributed by atoms with Crippen molar-refractivity contribution in [1.29, 1.82) is 0 Å². The van der Waals surface area contributed by atoms with Gasteiger partial charge in [0, 0.05) is 24.1 Å². The predicted molar refractivity (Wildman–Crippen MR) is 91.0 cm³/mol. The Morgan fingerprint density at radius 3 is 2.64 bits per heavy atom. The lowest BCUT2D eigenvalue weighted by Crippen LogP contribution is -2.36. The molecule has 1 aromatic heterocycles. The molecule has 0 spiro atoms. The second kappa shape index (κ2) is 6.88. The Hall–Kier alpha value is -2.34. The van der Waals surface area contributed by atoms with Crippen LogP contribution >= 0.6 is 0 Å². The average Bonchev–Trinajstić information content (AvgIpc) is 3.06. The monoisotopic (exact) mass is 342 g/mol. The van der Waals surface area contributed by atoms with E-state index in [4.69, 9.17) is 14.0 Å². The minimum Gasteiger partial charge on any atom is -0.486 e. The molecule has 1 saturated heterocycles. The highest BCUT2D eigenvalue weighted by Crippen LogP contribution is 2.32. The third-order valence-electron chi connectivity index (χ3n) is 4.85. The second-order valence-electron chi connectivity index (χ2n) is 6.70. The molecule has 6 nitrogen and oxygen atoms in total. The number of rotatable bonds is 4. The number of aryl methyl sites for hydroxylation is 1. The molecule has 0 radical (unpaired) electrons. The molecular formula is C19H22N2O4. The zero-order valence-corrected chi connectivity index (χ0v) is 14.4. The first kappa shape index (κ1) is 16.1. The molecule has 2 aliphatic rings. The van der Waals surface area contributed by atoms with Crippen LogP contribution in [0, 0.1) is 12.8 Å². The van der Waals surface area contributed by atoms with Crippen LogP contribution in [-0.4, -0.2) is 42.1 Å². The number of fused-ring (bicyclic) bond motifs is 1. The van der Waals surface area contributed by atoms with Crippen LogP contribution in [0.15, 0.2) is 28.8 Å². The lowest BCUT2D eigenvalue weighted by atomic mass is 9.88. The van der Waals surface area contributed by atoms with Gasteiger partial charge in [0.25, 0.3) is 0 Å². The number of hydrogen-bond donors (Lipinski definition) is 0. The van der Waals surface area contributed by atoms with Crippen molar-refractivity contribution in [3.05, 3.63) is 41.3 Å². The SMILES string of the molecule is Cc1cc(CN2CCC(C(=O)c3ccc4c(c3)OCCO4)CC2)no1. The zero-order chi connectivity index (χ0) is 17.2. The van der Waals surface area contributed by atoms with Crippen LogP contribution in [0.4, 0.5) is 0 Å². The maximum Gasteiger partial charge on any atom is 0.166 e. The standard InChI is InChI=1S/C19H22N2O4/c1-13-10-16(20-25-13)12-21-6-4-14(5-7-21)19(22)15-2-3-17-18(11-15)24-9-8-23-17/h2-3,10-11,14H,4-9,12H2,1H3. The van der Waals surface area contributed by atoms with Crippen LogP contribution in [-0.2, 0) is 6.54 Å². The van der Waals surface area contributed by atoms with Crippen LogP contribution in [0.1, 0.15) is 34.7 Å². The van der Waals surface area contributed by atoms with E-state index in [0.29, 0.717) is 19.0 Å². The summed E-state index contributed by atoms with van der Waals surface area (Å²) in [5.41, 5.74) is 1.67. The maximum absolute atomic E-state index is 12.8. The fourth-order valence-electron chi connectivity index (χ4n) is 3.51. The van der Waals surface area contributed by atoms with Gasteiger partial charge in [-0.25, -0.2) is 0 Å². The Morgan fingerprint density at radius 2 is 1.92 bits per heavy atom. The van der Waals surface area contributed by atoms with Crippen molar-refractivity contribution in [3.8, 4) is 11.5 Å². The van der Waals surface area contributed by atoms with E-state index in [0.717, 1.165) is 55.2 Å². The summed E-state index contributed by atoms with van der Waals surface area (Å²) < 4.78 is 16.2. The van der Waals surface area contributed by atoms with Crippen LogP contribution in [0.25, 0.3) is 0 Å². The number of nitrogens with zero attached hydrogens (tertiary/aromatic N) is 2. The van der Waals surface area contributed by atoms with Gasteiger partial charge in [0.15, 0.2) is 17.3 Å². The van der Waals surface area contributed by atoms with Crippen molar-refractivity contribution in [2.75, 3.05) is 26.3 Å². The Bertz CT molecular complexity index is 763. The quantitative estimate of drug-likeness (QED) is 0.796. The number of Topliss-reactive ketones (excluding diaryl/α,β-unsaturated/α-hetero) is 1. The average molecular weight is 342 g/mol.